The maximum absolute atomic E-state index is 12.3. The lowest BCUT2D eigenvalue weighted by atomic mass is 10.1. The predicted molar refractivity (Wildman–Crippen MR) is 67.3 cm³/mol. The van der Waals surface area contributed by atoms with Gasteiger partial charge in [0.2, 0.25) is 0 Å². The first kappa shape index (κ1) is 14.7. The van der Waals surface area contributed by atoms with Crippen molar-refractivity contribution in [1.82, 2.24) is 4.90 Å². The molecule has 1 aromatic heterocycles. The van der Waals surface area contributed by atoms with E-state index in [1.165, 1.54) is 16.3 Å². The highest BCUT2D eigenvalue weighted by atomic mass is 32.1. The van der Waals surface area contributed by atoms with Crippen LogP contribution < -0.4 is 4.74 Å². The monoisotopic (exact) mass is 305 g/mol. The summed E-state index contributed by atoms with van der Waals surface area (Å²) in [5.41, 5.74) is 0. The van der Waals surface area contributed by atoms with Crippen molar-refractivity contribution >= 4 is 23.2 Å². The summed E-state index contributed by atoms with van der Waals surface area (Å²) >= 11 is 1.01. The Kier molecular flexibility index (Phi) is 4.53. The Morgan fingerprint density at radius 3 is 2.95 bits per heavy atom. The Bertz CT molecular complexity index is 505. The summed E-state index contributed by atoms with van der Waals surface area (Å²) in [7, 11) is 0. The first-order chi connectivity index (χ1) is 9.49. The van der Waals surface area contributed by atoms with Crippen LogP contribution in [0.2, 0.25) is 0 Å². The molecule has 1 aromatic rings. The zero-order valence-corrected chi connectivity index (χ0v) is 11.2. The molecule has 0 aromatic carbocycles. The molecule has 20 heavy (non-hydrogen) atoms. The van der Waals surface area contributed by atoms with Gasteiger partial charge in [0, 0.05) is 12.6 Å². The molecule has 1 fully saturated rings. The molecule has 1 N–H and O–H groups in total. The van der Waals surface area contributed by atoms with Crippen LogP contribution in [0.3, 0.4) is 0 Å². The van der Waals surface area contributed by atoms with E-state index in [2.05, 4.69) is 4.74 Å². The zero-order valence-electron chi connectivity index (χ0n) is 10.4. The fourth-order valence-electron chi connectivity index (χ4n) is 2.29. The van der Waals surface area contributed by atoms with Crippen LogP contribution in [0.5, 0.6) is 5.75 Å². The molecule has 1 amide bonds. The number of ether oxygens (including phenoxy) is 1. The van der Waals surface area contributed by atoms with E-state index in [0.717, 1.165) is 11.3 Å². The number of rotatable bonds is 5. The number of carboxylic acid groups (broad SMARTS) is 1. The van der Waals surface area contributed by atoms with E-state index in [1.807, 2.05) is 0 Å². The molecular weight excluding hydrogens is 292 g/mol. The Balaban J connectivity index is 2.14. The maximum atomic E-state index is 12.3. The van der Waals surface area contributed by atoms with E-state index in [4.69, 9.17) is 5.11 Å². The molecule has 1 saturated heterocycles. The highest BCUT2D eigenvalue weighted by molar-refractivity contribution is 7.12. The lowest BCUT2D eigenvalue weighted by molar-refractivity contribution is -0.137. The first-order valence-corrected chi connectivity index (χ1v) is 6.92. The lowest BCUT2D eigenvalue weighted by Gasteiger charge is -2.23. The van der Waals surface area contributed by atoms with Gasteiger partial charge in [0.1, 0.15) is 10.6 Å². The molecule has 1 atom stereocenters. The van der Waals surface area contributed by atoms with Crippen molar-refractivity contribution in [3.05, 3.63) is 16.3 Å². The van der Waals surface area contributed by atoms with Gasteiger partial charge < -0.3 is 14.7 Å². The largest absolute Gasteiger partial charge is 0.481 e. The number of carbonyl (C=O) groups excluding carboxylic acids is 1. The number of likely N-dealkylation sites (tertiary alicyclic amines) is 1. The van der Waals surface area contributed by atoms with Gasteiger partial charge in [0.15, 0.2) is 0 Å². The number of carboxylic acids is 1. The van der Waals surface area contributed by atoms with E-state index in [-0.39, 0.29) is 23.1 Å². The van der Waals surface area contributed by atoms with E-state index in [1.54, 1.807) is 0 Å². The van der Waals surface area contributed by atoms with Crippen LogP contribution in [0.15, 0.2) is 11.4 Å². The molecule has 1 unspecified atom stereocenters. The SMILES string of the molecule is O=C(O)CC1CCCN1C(=O)c1sccc1OC(F)F. The number of nitrogens with zero attached hydrogens (tertiary/aromatic N) is 1. The number of hydrogen-bond donors (Lipinski definition) is 1. The number of halogens is 2. The molecule has 2 heterocycles. The van der Waals surface area contributed by atoms with Crippen LogP contribution in [0.1, 0.15) is 28.9 Å². The Morgan fingerprint density at radius 2 is 2.30 bits per heavy atom. The van der Waals surface area contributed by atoms with Gasteiger partial charge in [-0.3, -0.25) is 9.59 Å². The van der Waals surface area contributed by atoms with Crippen molar-refractivity contribution in [2.75, 3.05) is 6.54 Å². The van der Waals surface area contributed by atoms with Gasteiger partial charge in [-0.1, -0.05) is 0 Å². The van der Waals surface area contributed by atoms with E-state index < -0.39 is 18.5 Å². The van der Waals surface area contributed by atoms with Gasteiger partial charge in [-0.05, 0) is 24.3 Å². The van der Waals surface area contributed by atoms with Gasteiger partial charge >= 0.3 is 12.6 Å². The Hall–Kier alpha value is -1.70. The number of hydrogen-bond acceptors (Lipinski definition) is 4. The molecule has 2 rings (SSSR count). The topological polar surface area (TPSA) is 66.8 Å². The Labute approximate surface area is 117 Å². The third-order valence-electron chi connectivity index (χ3n) is 3.09. The molecule has 0 radical (unpaired) electrons. The van der Waals surface area contributed by atoms with Crippen molar-refractivity contribution in [3.8, 4) is 5.75 Å². The van der Waals surface area contributed by atoms with Crippen molar-refractivity contribution in [2.24, 2.45) is 0 Å². The minimum Gasteiger partial charge on any atom is -0.481 e. The van der Waals surface area contributed by atoms with Gasteiger partial charge in [0.05, 0.1) is 6.42 Å². The van der Waals surface area contributed by atoms with Gasteiger partial charge in [-0.2, -0.15) is 8.78 Å². The fourth-order valence-corrected chi connectivity index (χ4v) is 3.07. The molecule has 5 nitrogen and oxygen atoms in total. The smallest absolute Gasteiger partial charge is 0.387 e. The third kappa shape index (κ3) is 3.24. The van der Waals surface area contributed by atoms with Crippen LogP contribution in [0.4, 0.5) is 8.78 Å². The molecule has 1 aliphatic rings. The van der Waals surface area contributed by atoms with Gasteiger partial charge in [0.25, 0.3) is 5.91 Å². The number of alkyl halides is 2. The highest BCUT2D eigenvalue weighted by Gasteiger charge is 2.33. The van der Waals surface area contributed by atoms with Crippen LogP contribution >= 0.6 is 11.3 Å². The highest BCUT2D eigenvalue weighted by Crippen LogP contribution is 2.31. The maximum Gasteiger partial charge on any atom is 0.387 e. The van der Waals surface area contributed by atoms with Gasteiger partial charge in [-0.15, -0.1) is 11.3 Å². The normalized spacial score (nSPS) is 18.6. The summed E-state index contributed by atoms with van der Waals surface area (Å²) in [6.45, 7) is -2.56. The quantitative estimate of drug-likeness (QED) is 0.907. The average Bonchev–Trinajstić information content (AvgIpc) is 2.96. The van der Waals surface area contributed by atoms with Crippen molar-refractivity contribution in [2.45, 2.75) is 31.9 Å². The number of carbonyl (C=O) groups is 2. The number of thiophene rings is 1. The summed E-state index contributed by atoms with van der Waals surface area (Å²) in [4.78, 5) is 24.6. The predicted octanol–water partition coefficient (Wildman–Crippen LogP) is 2.43. The van der Waals surface area contributed by atoms with Crippen LogP contribution in [-0.4, -0.2) is 41.1 Å². The first-order valence-electron chi connectivity index (χ1n) is 6.04. The average molecular weight is 305 g/mol. The molecule has 8 heteroatoms. The standard InChI is InChI=1S/C12H13F2NO4S/c13-12(14)19-8-3-5-20-10(8)11(18)15-4-1-2-7(15)6-9(16)17/h3,5,7,12H,1-2,4,6H2,(H,16,17). The Morgan fingerprint density at radius 1 is 1.55 bits per heavy atom. The lowest BCUT2D eigenvalue weighted by Crippen LogP contribution is -2.36. The molecule has 110 valence electrons. The second-order valence-corrected chi connectivity index (χ2v) is 5.30. The number of amides is 1. The summed E-state index contributed by atoms with van der Waals surface area (Å²) < 4.78 is 28.8. The molecule has 0 bridgehead atoms. The molecule has 0 spiro atoms. The summed E-state index contributed by atoms with van der Waals surface area (Å²) in [6, 6.07) is 0.924. The second kappa shape index (κ2) is 6.17. The fraction of sp³-hybridized carbons (Fsp3) is 0.500. The van der Waals surface area contributed by atoms with E-state index in [9.17, 15) is 18.4 Å². The number of aliphatic carboxylic acids is 1. The van der Waals surface area contributed by atoms with E-state index >= 15 is 0 Å². The van der Waals surface area contributed by atoms with E-state index in [0.29, 0.717) is 19.4 Å². The molecular formula is C12H13F2NO4S. The zero-order chi connectivity index (χ0) is 14.7. The summed E-state index contributed by atoms with van der Waals surface area (Å²) in [5.74, 6) is -1.58. The van der Waals surface area contributed by atoms with Gasteiger partial charge in [-0.25, -0.2) is 0 Å². The molecule has 0 saturated carbocycles. The minimum atomic E-state index is -3.00. The third-order valence-corrected chi connectivity index (χ3v) is 3.97. The van der Waals surface area contributed by atoms with Crippen molar-refractivity contribution in [1.29, 1.82) is 0 Å². The summed E-state index contributed by atoms with van der Waals surface area (Å²) in [5, 5.41) is 10.3. The summed E-state index contributed by atoms with van der Waals surface area (Å²) in [6.07, 6.45) is 1.18. The minimum absolute atomic E-state index is 0.0857. The van der Waals surface area contributed by atoms with Crippen LogP contribution in [0.25, 0.3) is 0 Å². The van der Waals surface area contributed by atoms with Crippen molar-refractivity contribution in [3.63, 3.8) is 0 Å². The molecule has 1 aliphatic heterocycles. The van der Waals surface area contributed by atoms with Crippen LogP contribution in [-0.2, 0) is 4.79 Å². The molecule has 0 aliphatic carbocycles. The van der Waals surface area contributed by atoms with Crippen LogP contribution in [0, 0.1) is 0 Å². The van der Waals surface area contributed by atoms with Crippen molar-refractivity contribution < 1.29 is 28.2 Å². The second-order valence-electron chi connectivity index (χ2n) is 4.38.